The number of anilines is 1. The summed E-state index contributed by atoms with van der Waals surface area (Å²) >= 11 is 0. The Kier molecular flexibility index (Phi) is 7.90. The summed E-state index contributed by atoms with van der Waals surface area (Å²) in [7, 11) is 1.79. The highest BCUT2D eigenvalue weighted by Crippen LogP contribution is 2.50. The second-order valence-corrected chi connectivity index (χ2v) is 12.3. The van der Waals surface area contributed by atoms with E-state index in [1.165, 1.54) is 11.1 Å². The smallest absolute Gasteiger partial charge is 0.253 e. The number of β-amino-alcohol motifs (C(OH)–C–C–N with tert-alkyl or cyclic N) is 1. The molecule has 216 valence electrons. The van der Waals surface area contributed by atoms with E-state index in [1.807, 2.05) is 28.0 Å². The number of likely N-dealkylation sites (tertiary alicyclic amines) is 1. The van der Waals surface area contributed by atoms with E-state index in [1.54, 1.807) is 7.11 Å². The zero-order chi connectivity index (χ0) is 27.9. The second-order valence-electron chi connectivity index (χ2n) is 12.3. The van der Waals surface area contributed by atoms with Crippen LogP contribution in [0, 0.1) is 5.41 Å². The molecule has 2 aromatic rings. The van der Waals surface area contributed by atoms with Gasteiger partial charge in [-0.25, -0.2) is 0 Å². The molecule has 1 saturated carbocycles. The molecule has 6 rings (SSSR count). The standard InChI is InChI=1S/C32H44N4O4/c1-3-34-14-15-36(21-29(37)27-16-22-6-4-5-7-24(22)20-33-27)31(39)26-9-8-23(17-28(26)34)30(38)35-12-10-32(11-13-35)18-25(19-32)40-2/h4-9,17,25,27,29,31,33,37,39H,3,10-16,18-21H2,1-2H3/t27-,29+,31?/m0/s1. The van der Waals surface area contributed by atoms with Gasteiger partial charge in [0.25, 0.3) is 5.91 Å². The van der Waals surface area contributed by atoms with Crippen molar-refractivity contribution >= 4 is 11.6 Å². The molecule has 1 amide bonds. The summed E-state index contributed by atoms with van der Waals surface area (Å²) in [5, 5.41) is 26.2. The van der Waals surface area contributed by atoms with Crippen LogP contribution < -0.4 is 10.2 Å². The van der Waals surface area contributed by atoms with Gasteiger partial charge in [0.05, 0.1) is 12.2 Å². The maximum absolute atomic E-state index is 13.5. The van der Waals surface area contributed by atoms with Crippen molar-refractivity contribution in [3.05, 3.63) is 64.7 Å². The number of ether oxygens (including phenoxy) is 1. The van der Waals surface area contributed by atoms with Gasteiger partial charge in [0.15, 0.2) is 0 Å². The number of nitrogens with one attached hydrogen (secondary N) is 1. The number of fused-ring (bicyclic) bond motifs is 2. The van der Waals surface area contributed by atoms with E-state index in [0.717, 1.165) is 76.1 Å². The van der Waals surface area contributed by atoms with Gasteiger partial charge in [-0.15, -0.1) is 0 Å². The Labute approximate surface area is 237 Å². The molecule has 3 heterocycles. The number of hydrogen-bond donors (Lipinski definition) is 3. The van der Waals surface area contributed by atoms with Gasteiger partial charge < -0.3 is 30.1 Å². The van der Waals surface area contributed by atoms with E-state index in [-0.39, 0.29) is 11.9 Å². The van der Waals surface area contributed by atoms with Gasteiger partial charge >= 0.3 is 0 Å². The fourth-order valence-corrected chi connectivity index (χ4v) is 7.34. The van der Waals surface area contributed by atoms with E-state index in [9.17, 15) is 15.0 Å². The quantitative estimate of drug-likeness (QED) is 0.512. The molecule has 1 spiro atoms. The molecule has 0 aromatic heterocycles. The lowest BCUT2D eigenvalue weighted by Gasteiger charge is -2.51. The van der Waals surface area contributed by atoms with Crippen LogP contribution in [-0.2, 0) is 17.7 Å². The summed E-state index contributed by atoms with van der Waals surface area (Å²) in [5.41, 5.74) is 5.31. The largest absolute Gasteiger partial charge is 0.390 e. The van der Waals surface area contributed by atoms with Crippen molar-refractivity contribution in [1.29, 1.82) is 0 Å². The highest BCUT2D eigenvalue weighted by molar-refractivity contribution is 5.95. The number of aliphatic hydroxyl groups excluding tert-OH is 2. The Morgan fingerprint density at radius 1 is 1.10 bits per heavy atom. The number of amides is 1. The van der Waals surface area contributed by atoms with Gasteiger partial charge in [-0.05, 0) is 67.7 Å². The topological polar surface area (TPSA) is 88.5 Å². The molecule has 4 aliphatic rings. The molecule has 40 heavy (non-hydrogen) atoms. The lowest BCUT2D eigenvalue weighted by Crippen LogP contribution is -2.50. The number of rotatable bonds is 6. The van der Waals surface area contributed by atoms with E-state index in [2.05, 4.69) is 41.4 Å². The van der Waals surface area contributed by atoms with Crippen LogP contribution in [0.2, 0.25) is 0 Å². The predicted octanol–water partition coefficient (Wildman–Crippen LogP) is 2.93. The molecule has 3 atom stereocenters. The molecular formula is C32H44N4O4. The minimum atomic E-state index is -0.844. The number of methoxy groups -OCH3 is 1. The summed E-state index contributed by atoms with van der Waals surface area (Å²) in [5.74, 6) is 0.0750. The fraction of sp³-hybridized carbons (Fsp3) is 0.594. The van der Waals surface area contributed by atoms with Crippen molar-refractivity contribution in [2.45, 2.75) is 70.1 Å². The Hall–Kier alpha value is -2.49. The van der Waals surface area contributed by atoms with Gasteiger partial charge in [-0.2, -0.15) is 0 Å². The Bertz CT molecular complexity index is 1210. The van der Waals surface area contributed by atoms with Crippen LogP contribution in [0.15, 0.2) is 42.5 Å². The van der Waals surface area contributed by atoms with E-state index >= 15 is 0 Å². The van der Waals surface area contributed by atoms with Gasteiger partial charge in [0, 0.05) is 75.8 Å². The van der Waals surface area contributed by atoms with Crippen LogP contribution in [0.1, 0.15) is 65.9 Å². The molecule has 0 bridgehead atoms. The normalized spacial score (nSPS) is 25.6. The van der Waals surface area contributed by atoms with Crippen molar-refractivity contribution in [2.75, 3.05) is 51.3 Å². The van der Waals surface area contributed by atoms with Crippen LogP contribution in [0.25, 0.3) is 0 Å². The first kappa shape index (κ1) is 27.7. The SMILES string of the molecule is CCN1CCN(C[C@@H](O)[C@@H]2Cc3ccccc3CN2)C(O)c2ccc(C(=O)N3CCC4(CC3)CC(OC)C4)cc21. The first-order chi connectivity index (χ1) is 19.4. The van der Waals surface area contributed by atoms with Crippen LogP contribution in [0.3, 0.4) is 0 Å². The van der Waals surface area contributed by atoms with Crippen molar-refractivity contribution < 1.29 is 19.7 Å². The third kappa shape index (κ3) is 5.28. The Balaban J connectivity index is 1.13. The average Bonchev–Trinajstić information content (AvgIpc) is 3.10. The van der Waals surface area contributed by atoms with Gasteiger partial charge in [-0.1, -0.05) is 30.3 Å². The molecule has 8 heteroatoms. The number of hydrogen-bond acceptors (Lipinski definition) is 7. The number of aliphatic hydroxyl groups is 2. The van der Waals surface area contributed by atoms with Crippen LogP contribution >= 0.6 is 0 Å². The number of benzene rings is 2. The number of carbonyl (C=O) groups excluding carboxylic acids is 1. The fourth-order valence-electron chi connectivity index (χ4n) is 7.34. The molecule has 1 unspecified atom stereocenters. The van der Waals surface area contributed by atoms with Gasteiger partial charge in [0.2, 0.25) is 0 Å². The molecule has 1 saturated heterocycles. The molecular weight excluding hydrogens is 504 g/mol. The molecule has 2 fully saturated rings. The summed E-state index contributed by atoms with van der Waals surface area (Å²) in [6.07, 6.45) is 4.02. The highest BCUT2D eigenvalue weighted by Gasteiger charge is 2.46. The third-order valence-corrected chi connectivity index (χ3v) is 10.0. The van der Waals surface area contributed by atoms with Crippen LogP contribution in [-0.4, -0.2) is 90.5 Å². The maximum Gasteiger partial charge on any atom is 0.253 e. The van der Waals surface area contributed by atoms with Crippen molar-refractivity contribution in [3.63, 3.8) is 0 Å². The van der Waals surface area contributed by atoms with E-state index in [4.69, 9.17) is 4.74 Å². The van der Waals surface area contributed by atoms with Crippen molar-refractivity contribution in [3.8, 4) is 0 Å². The first-order valence-corrected chi connectivity index (χ1v) is 15.0. The number of likely N-dealkylation sites (N-methyl/N-ethyl adjacent to an activating group) is 1. The van der Waals surface area contributed by atoms with E-state index in [0.29, 0.717) is 30.2 Å². The van der Waals surface area contributed by atoms with Gasteiger partial charge in [-0.3, -0.25) is 9.69 Å². The average molecular weight is 549 g/mol. The molecule has 0 radical (unpaired) electrons. The van der Waals surface area contributed by atoms with Crippen LogP contribution in [0.4, 0.5) is 5.69 Å². The second kappa shape index (κ2) is 11.4. The molecule has 3 aliphatic heterocycles. The minimum absolute atomic E-state index is 0.0592. The van der Waals surface area contributed by atoms with Crippen molar-refractivity contribution in [2.24, 2.45) is 5.41 Å². The lowest BCUT2D eigenvalue weighted by molar-refractivity contribution is -0.0841. The van der Waals surface area contributed by atoms with Gasteiger partial charge in [0.1, 0.15) is 6.23 Å². The highest BCUT2D eigenvalue weighted by atomic mass is 16.5. The maximum atomic E-state index is 13.5. The molecule has 8 nitrogen and oxygen atoms in total. The number of carbonyl (C=O) groups is 1. The minimum Gasteiger partial charge on any atom is -0.390 e. The lowest BCUT2D eigenvalue weighted by atomic mass is 9.61. The Morgan fingerprint density at radius 2 is 1.85 bits per heavy atom. The van der Waals surface area contributed by atoms with Crippen molar-refractivity contribution in [1.82, 2.24) is 15.1 Å². The summed E-state index contributed by atoms with van der Waals surface area (Å²) < 4.78 is 5.50. The number of nitrogens with zero attached hydrogens (tertiary/aromatic N) is 3. The Morgan fingerprint density at radius 3 is 2.58 bits per heavy atom. The summed E-state index contributed by atoms with van der Waals surface area (Å²) in [4.78, 5) is 19.7. The monoisotopic (exact) mass is 548 g/mol. The summed E-state index contributed by atoms with van der Waals surface area (Å²) in [6, 6.07) is 14.1. The molecule has 2 aromatic carbocycles. The number of piperidine rings is 1. The predicted molar refractivity (Wildman–Crippen MR) is 155 cm³/mol. The first-order valence-electron chi connectivity index (χ1n) is 15.0. The molecule has 3 N–H and O–H groups in total. The summed E-state index contributed by atoms with van der Waals surface area (Å²) in [6.45, 7) is 6.93. The zero-order valence-electron chi connectivity index (χ0n) is 23.9. The van der Waals surface area contributed by atoms with E-state index < -0.39 is 12.3 Å². The molecule has 1 aliphatic carbocycles. The zero-order valence-corrected chi connectivity index (χ0v) is 23.9. The third-order valence-electron chi connectivity index (χ3n) is 10.0. The van der Waals surface area contributed by atoms with Crippen LogP contribution in [0.5, 0.6) is 0 Å².